The summed E-state index contributed by atoms with van der Waals surface area (Å²) in [6.45, 7) is 4.17. The molecule has 4 nitrogen and oxygen atoms in total. The Morgan fingerprint density at radius 1 is 0.964 bits per heavy atom. The first-order chi connectivity index (χ1) is 13.5. The summed E-state index contributed by atoms with van der Waals surface area (Å²) < 4.78 is 40.5. The fraction of sp³-hybridized carbons (Fsp3) is 0.571. The second-order valence-corrected chi connectivity index (χ2v) is 7.77. The third-order valence-corrected chi connectivity index (χ3v) is 5.77. The molecule has 1 aromatic heterocycles. The summed E-state index contributed by atoms with van der Waals surface area (Å²) in [5, 5.41) is 8.29. The largest absolute Gasteiger partial charge is 0.416 e. The molecule has 0 radical (unpaired) electrons. The van der Waals surface area contributed by atoms with Crippen molar-refractivity contribution in [2.75, 3.05) is 31.5 Å². The van der Waals surface area contributed by atoms with Crippen LogP contribution in [0.3, 0.4) is 0 Å². The molecule has 0 bridgehead atoms. The maximum Gasteiger partial charge on any atom is 0.416 e. The van der Waals surface area contributed by atoms with Gasteiger partial charge in [-0.05, 0) is 69.5 Å². The van der Waals surface area contributed by atoms with Crippen LogP contribution in [0.1, 0.15) is 48.9 Å². The number of nitrogens with zero attached hydrogens (tertiary/aromatic N) is 3. The van der Waals surface area contributed by atoms with E-state index in [1.165, 1.54) is 37.0 Å². The molecule has 0 aliphatic carbocycles. The summed E-state index contributed by atoms with van der Waals surface area (Å²) >= 11 is 0. The maximum absolute atomic E-state index is 12.9. The Labute approximate surface area is 163 Å². The van der Waals surface area contributed by atoms with Gasteiger partial charge in [0.2, 0.25) is 0 Å². The Balaban J connectivity index is 1.60. The van der Waals surface area contributed by atoms with E-state index in [2.05, 4.69) is 10.2 Å². The van der Waals surface area contributed by atoms with Crippen molar-refractivity contribution in [3.63, 3.8) is 0 Å². The lowest BCUT2D eigenvalue weighted by atomic mass is 10.1. The SMILES string of the molecule is FC(F)(F)c1ccc(-n2nc(CCN3CCCCC3)c3c2NCCCC3)cc1. The van der Waals surface area contributed by atoms with Crippen LogP contribution < -0.4 is 5.32 Å². The van der Waals surface area contributed by atoms with E-state index in [1.54, 1.807) is 4.68 Å². The fourth-order valence-corrected chi connectivity index (χ4v) is 4.20. The summed E-state index contributed by atoms with van der Waals surface area (Å²) in [4.78, 5) is 2.50. The standard InChI is InChI=1S/C21H27F3N4/c22-21(23,24)16-7-9-17(10-8-16)28-20-18(6-2-3-12-25-20)19(26-28)11-15-27-13-4-1-5-14-27/h7-10,25H,1-6,11-15H2. The topological polar surface area (TPSA) is 33.1 Å². The first-order valence-corrected chi connectivity index (χ1v) is 10.3. The van der Waals surface area contributed by atoms with Gasteiger partial charge in [-0.25, -0.2) is 4.68 Å². The molecule has 1 fully saturated rings. The molecular weight excluding hydrogens is 365 g/mol. The Hall–Kier alpha value is -2.02. The minimum Gasteiger partial charge on any atom is -0.370 e. The van der Waals surface area contributed by atoms with Crippen molar-refractivity contribution < 1.29 is 13.2 Å². The van der Waals surface area contributed by atoms with Crippen LogP contribution in [0.4, 0.5) is 19.0 Å². The van der Waals surface area contributed by atoms with Crippen LogP contribution in [0.15, 0.2) is 24.3 Å². The molecule has 2 aliphatic rings. The number of hydrogen-bond donors (Lipinski definition) is 1. The van der Waals surface area contributed by atoms with Crippen LogP contribution in [0.5, 0.6) is 0 Å². The Morgan fingerprint density at radius 3 is 2.43 bits per heavy atom. The number of likely N-dealkylation sites (tertiary alicyclic amines) is 1. The van der Waals surface area contributed by atoms with E-state index in [-0.39, 0.29) is 0 Å². The van der Waals surface area contributed by atoms with Crippen molar-refractivity contribution in [1.82, 2.24) is 14.7 Å². The zero-order valence-corrected chi connectivity index (χ0v) is 16.1. The number of fused-ring (bicyclic) bond motifs is 1. The summed E-state index contributed by atoms with van der Waals surface area (Å²) in [5.74, 6) is 0.950. The molecule has 0 amide bonds. The molecule has 28 heavy (non-hydrogen) atoms. The number of aromatic nitrogens is 2. The van der Waals surface area contributed by atoms with Gasteiger partial charge in [0.25, 0.3) is 0 Å². The highest BCUT2D eigenvalue weighted by atomic mass is 19.4. The summed E-state index contributed by atoms with van der Waals surface area (Å²) in [7, 11) is 0. The predicted molar refractivity (Wildman–Crippen MR) is 104 cm³/mol. The van der Waals surface area contributed by atoms with Gasteiger partial charge in [0.1, 0.15) is 5.82 Å². The number of hydrogen-bond acceptors (Lipinski definition) is 3. The molecule has 0 unspecified atom stereocenters. The average Bonchev–Trinajstić information content (AvgIpc) is 2.86. The normalized spacial score (nSPS) is 18.4. The Bertz CT molecular complexity index is 789. The Morgan fingerprint density at radius 2 is 1.71 bits per heavy atom. The lowest BCUT2D eigenvalue weighted by molar-refractivity contribution is -0.137. The minimum atomic E-state index is -4.32. The molecular formula is C21H27F3N4. The molecule has 152 valence electrons. The molecule has 0 saturated carbocycles. The number of anilines is 1. The zero-order chi connectivity index (χ0) is 19.6. The number of piperidine rings is 1. The Kier molecular flexibility index (Phi) is 5.62. The molecule has 0 atom stereocenters. The van der Waals surface area contributed by atoms with Crippen LogP contribution in [0.2, 0.25) is 0 Å². The van der Waals surface area contributed by atoms with Gasteiger partial charge >= 0.3 is 6.18 Å². The monoisotopic (exact) mass is 392 g/mol. The summed E-state index contributed by atoms with van der Waals surface area (Å²) in [5.41, 5.74) is 2.35. The van der Waals surface area contributed by atoms with Gasteiger partial charge < -0.3 is 10.2 Å². The van der Waals surface area contributed by atoms with Gasteiger partial charge in [-0.2, -0.15) is 18.3 Å². The van der Waals surface area contributed by atoms with Crippen molar-refractivity contribution in [1.29, 1.82) is 0 Å². The van der Waals surface area contributed by atoms with Crippen LogP contribution in [-0.2, 0) is 19.0 Å². The van der Waals surface area contributed by atoms with Crippen LogP contribution in [-0.4, -0.2) is 40.9 Å². The van der Waals surface area contributed by atoms with Gasteiger partial charge in [-0.15, -0.1) is 0 Å². The lowest BCUT2D eigenvalue weighted by Crippen LogP contribution is -2.31. The van der Waals surface area contributed by atoms with Gasteiger partial charge in [0.05, 0.1) is 16.9 Å². The first-order valence-electron chi connectivity index (χ1n) is 10.3. The highest BCUT2D eigenvalue weighted by Crippen LogP contribution is 2.32. The van der Waals surface area contributed by atoms with Gasteiger partial charge in [0.15, 0.2) is 0 Å². The van der Waals surface area contributed by atoms with E-state index in [0.717, 1.165) is 75.5 Å². The van der Waals surface area contributed by atoms with Crippen molar-refractivity contribution >= 4 is 5.82 Å². The summed E-state index contributed by atoms with van der Waals surface area (Å²) in [6.07, 6.45) is 3.58. The van der Waals surface area contributed by atoms with Crippen LogP contribution in [0.25, 0.3) is 5.69 Å². The second-order valence-electron chi connectivity index (χ2n) is 7.77. The number of nitrogens with one attached hydrogen (secondary N) is 1. The molecule has 4 rings (SSSR count). The van der Waals surface area contributed by atoms with Crippen molar-refractivity contribution in [2.24, 2.45) is 0 Å². The lowest BCUT2D eigenvalue weighted by Gasteiger charge is -2.26. The van der Waals surface area contributed by atoms with Crippen molar-refractivity contribution in [2.45, 2.75) is 51.1 Å². The van der Waals surface area contributed by atoms with Gasteiger partial charge in [0, 0.05) is 25.1 Å². The van der Waals surface area contributed by atoms with E-state index in [1.807, 2.05) is 0 Å². The molecule has 1 N–H and O–H groups in total. The van der Waals surface area contributed by atoms with Crippen molar-refractivity contribution in [3.05, 3.63) is 41.1 Å². The molecule has 2 aromatic rings. The van der Waals surface area contributed by atoms with E-state index in [0.29, 0.717) is 5.69 Å². The highest BCUT2D eigenvalue weighted by Gasteiger charge is 2.30. The number of halogens is 3. The number of rotatable bonds is 4. The quantitative estimate of drug-likeness (QED) is 0.821. The minimum absolute atomic E-state index is 0.632. The van der Waals surface area contributed by atoms with Gasteiger partial charge in [-0.3, -0.25) is 0 Å². The molecule has 1 saturated heterocycles. The average molecular weight is 392 g/mol. The van der Waals surface area contributed by atoms with Crippen LogP contribution >= 0.6 is 0 Å². The van der Waals surface area contributed by atoms with E-state index in [9.17, 15) is 13.2 Å². The molecule has 0 spiro atoms. The fourth-order valence-electron chi connectivity index (χ4n) is 4.20. The smallest absolute Gasteiger partial charge is 0.370 e. The zero-order valence-electron chi connectivity index (χ0n) is 16.1. The third-order valence-electron chi connectivity index (χ3n) is 5.77. The van der Waals surface area contributed by atoms with Gasteiger partial charge in [-0.1, -0.05) is 6.42 Å². The molecule has 2 aliphatic heterocycles. The van der Waals surface area contributed by atoms with Crippen molar-refractivity contribution in [3.8, 4) is 5.69 Å². The number of benzene rings is 1. The van der Waals surface area contributed by atoms with E-state index >= 15 is 0 Å². The van der Waals surface area contributed by atoms with E-state index < -0.39 is 11.7 Å². The third kappa shape index (κ3) is 4.19. The maximum atomic E-state index is 12.9. The number of alkyl halides is 3. The second kappa shape index (κ2) is 8.15. The van der Waals surface area contributed by atoms with Crippen LogP contribution in [0, 0.1) is 0 Å². The molecule has 1 aromatic carbocycles. The summed E-state index contributed by atoms with van der Waals surface area (Å²) in [6, 6.07) is 5.29. The molecule has 3 heterocycles. The first kappa shape index (κ1) is 19.3. The molecule has 7 heteroatoms. The van der Waals surface area contributed by atoms with E-state index in [4.69, 9.17) is 5.10 Å². The highest BCUT2D eigenvalue weighted by molar-refractivity contribution is 5.54. The predicted octanol–water partition coefficient (Wildman–Crippen LogP) is 4.67.